The second kappa shape index (κ2) is 6.47. The molecule has 1 rings (SSSR count). The van der Waals surface area contributed by atoms with Crippen LogP contribution in [0.15, 0.2) is 0 Å². The molecule has 0 radical (unpaired) electrons. The average molecular weight is 170 g/mol. The van der Waals surface area contributed by atoms with Crippen LogP contribution in [0, 0.1) is 5.92 Å². The van der Waals surface area contributed by atoms with Gasteiger partial charge in [-0.05, 0) is 19.3 Å². The van der Waals surface area contributed by atoms with Crippen LogP contribution < -0.4 is 0 Å². The van der Waals surface area contributed by atoms with Crippen LogP contribution in [-0.4, -0.2) is 13.2 Å². The molecule has 1 fully saturated rings. The van der Waals surface area contributed by atoms with Gasteiger partial charge in [-0.2, -0.15) is 0 Å². The molecule has 0 bridgehead atoms. The van der Waals surface area contributed by atoms with E-state index in [1.165, 1.54) is 44.9 Å². The summed E-state index contributed by atoms with van der Waals surface area (Å²) in [7, 11) is 0. The zero-order valence-corrected chi connectivity index (χ0v) is 8.35. The fourth-order valence-corrected chi connectivity index (χ4v) is 2.08. The quantitative estimate of drug-likeness (QED) is 0.555. The van der Waals surface area contributed by atoms with Gasteiger partial charge in [-0.25, -0.2) is 0 Å². The molecule has 0 unspecified atom stereocenters. The molecule has 1 saturated carbocycles. The van der Waals surface area contributed by atoms with Gasteiger partial charge in [0.05, 0.1) is 0 Å². The Bertz CT molecular complexity index is 95.2. The molecule has 0 aliphatic heterocycles. The van der Waals surface area contributed by atoms with Gasteiger partial charge in [0.25, 0.3) is 0 Å². The van der Waals surface area contributed by atoms with Crippen LogP contribution >= 0.6 is 0 Å². The fourth-order valence-electron chi connectivity index (χ4n) is 2.08. The topological polar surface area (TPSA) is 9.23 Å². The van der Waals surface area contributed by atoms with Crippen molar-refractivity contribution < 1.29 is 4.74 Å². The highest BCUT2D eigenvalue weighted by Gasteiger charge is 2.13. The minimum Gasteiger partial charge on any atom is -0.382 e. The Morgan fingerprint density at radius 1 is 1.17 bits per heavy atom. The molecule has 0 aromatic carbocycles. The maximum absolute atomic E-state index is 5.30. The van der Waals surface area contributed by atoms with Gasteiger partial charge in [-0.1, -0.05) is 38.5 Å². The largest absolute Gasteiger partial charge is 0.382 e. The molecule has 0 aromatic rings. The second-order valence-corrected chi connectivity index (χ2v) is 3.84. The summed E-state index contributed by atoms with van der Waals surface area (Å²) in [5, 5.41) is 0. The van der Waals surface area contributed by atoms with E-state index >= 15 is 0 Å². The Morgan fingerprint density at radius 2 is 1.92 bits per heavy atom. The van der Waals surface area contributed by atoms with Crippen LogP contribution in [0.4, 0.5) is 0 Å². The molecule has 1 heteroatoms. The van der Waals surface area contributed by atoms with Crippen molar-refractivity contribution in [3.05, 3.63) is 0 Å². The van der Waals surface area contributed by atoms with Crippen molar-refractivity contribution >= 4 is 0 Å². The van der Waals surface area contributed by atoms with Gasteiger partial charge in [0.2, 0.25) is 0 Å². The summed E-state index contributed by atoms with van der Waals surface area (Å²) in [5.74, 6) is 1.06. The van der Waals surface area contributed by atoms with E-state index in [0.29, 0.717) is 0 Å². The lowest BCUT2D eigenvalue weighted by atomic mass is 10.0. The molecular weight excluding hydrogens is 148 g/mol. The number of unbranched alkanes of at least 4 members (excludes halogenated alkanes) is 1. The first-order chi connectivity index (χ1) is 5.93. The smallest absolute Gasteiger partial charge is 0.0465 e. The van der Waals surface area contributed by atoms with E-state index in [0.717, 1.165) is 19.1 Å². The lowest BCUT2D eigenvalue weighted by Gasteiger charge is -2.07. The van der Waals surface area contributed by atoms with Gasteiger partial charge in [0.15, 0.2) is 0 Å². The summed E-state index contributed by atoms with van der Waals surface area (Å²) in [6.45, 7) is 3.92. The molecule has 12 heavy (non-hydrogen) atoms. The normalized spacial score (nSPS) is 18.8. The van der Waals surface area contributed by atoms with Gasteiger partial charge in [-0.15, -0.1) is 0 Å². The minimum absolute atomic E-state index is 0.878. The van der Waals surface area contributed by atoms with Gasteiger partial charge in [-0.3, -0.25) is 0 Å². The summed E-state index contributed by atoms with van der Waals surface area (Å²) in [6.07, 6.45) is 10.1. The van der Waals surface area contributed by atoms with E-state index in [1.807, 2.05) is 0 Å². The predicted molar refractivity (Wildman–Crippen MR) is 52.3 cm³/mol. The van der Waals surface area contributed by atoms with Gasteiger partial charge >= 0.3 is 0 Å². The van der Waals surface area contributed by atoms with E-state index in [-0.39, 0.29) is 0 Å². The SMILES string of the molecule is CCOCCCCC1CCCC1. The fraction of sp³-hybridized carbons (Fsp3) is 1.00. The number of hydrogen-bond acceptors (Lipinski definition) is 1. The lowest BCUT2D eigenvalue weighted by molar-refractivity contribution is 0.142. The minimum atomic E-state index is 0.878. The molecule has 0 N–H and O–H groups in total. The maximum atomic E-state index is 5.30. The van der Waals surface area contributed by atoms with E-state index < -0.39 is 0 Å². The Kier molecular flexibility index (Phi) is 5.42. The first-order valence-corrected chi connectivity index (χ1v) is 5.51. The predicted octanol–water partition coefficient (Wildman–Crippen LogP) is 3.38. The van der Waals surface area contributed by atoms with Crippen molar-refractivity contribution in [1.29, 1.82) is 0 Å². The second-order valence-electron chi connectivity index (χ2n) is 3.84. The monoisotopic (exact) mass is 170 g/mol. The standard InChI is InChI=1S/C11H22O/c1-2-12-10-6-5-9-11-7-3-4-8-11/h11H,2-10H2,1H3. The number of ether oxygens (including phenoxy) is 1. The van der Waals surface area contributed by atoms with Crippen LogP contribution in [0.5, 0.6) is 0 Å². The van der Waals surface area contributed by atoms with Crippen molar-refractivity contribution in [2.75, 3.05) is 13.2 Å². The van der Waals surface area contributed by atoms with Crippen LogP contribution in [-0.2, 0) is 4.74 Å². The van der Waals surface area contributed by atoms with Crippen molar-refractivity contribution in [2.24, 2.45) is 5.92 Å². The zero-order chi connectivity index (χ0) is 8.65. The summed E-state index contributed by atoms with van der Waals surface area (Å²) >= 11 is 0. The molecule has 1 aliphatic carbocycles. The first kappa shape index (κ1) is 10.0. The van der Waals surface area contributed by atoms with Crippen LogP contribution in [0.3, 0.4) is 0 Å². The van der Waals surface area contributed by atoms with Crippen molar-refractivity contribution in [2.45, 2.75) is 51.9 Å². The Morgan fingerprint density at radius 3 is 2.58 bits per heavy atom. The highest BCUT2D eigenvalue weighted by molar-refractivity contribution is 4.66. The molecular formula is C11H22O. The molecule has 1 nitrogen and oxygen atoms in total. The summed E-state index contributed by atoms with van der Waals surface area (Å²) < 4.78 is 5.30. The molecule has 0 atom stereocenters. The Balaban J connectivity index is 1.81. The Labute approximate surface area is 76.5 Å². The lowest BCUT2D eigenvalue weighted by Crippen LogP contribution is -1.97. The third kappa shape index (κ3) is 4.10. The van der Waals surface area contributed by atoms with Crippen molar-refractivity contribution in [3.63, 3.8) is 0 Å². The number of hydrogen-bond donors (Lipinski definition) is 0. The summed E-state index contributed by atoms with van der Waals surface area (Å²) in [6, 6.07) is 0. The highest BCUT2D eigenvalue weighted by atomic mass is 16.5. The first-order valence-electron chi connectivity index (χ1n) is 5.51. The van der Waals surface area contributed by atoms with E-state index in [9.17, 15) is 0 Å². The molecule has 0 amide bonds. The third-order valence-corrected chi connectivity index (χ3v) is 2.83. The number of rotatable bonds is 6. The molecule has 0 spiro atoms. The van der Waals surface area contributed by atoms with Crippen LogP contribution in [0.2, 0.25) is 0 Å². The summed E-state index contributed by atoms with van der Waals surface area (Å²) in [4.78, 5) is 0. The van der Waals surface area contributed by atoms with Crippen LogP contribution in [0.1, 0.15) is 51.9 Å². The van der Waals surface area contributed by atoms with Crippen molar-refractivity contribution in [3.8, 4) is 0 Å². The van der Waals surface area contributed by atoms with Gasteiger partial charge < -0.3 is 4.74 Å². The van der Waals surface area contributed by atoms with E-state index in [1.54, 1.807) is 0 Å². The molecule has 1 aliphatic rings. The third-order valence-electron chi connectivity index (χ3n) is 2.83. The van der Waals surface area contributed by atoms with Crippen molar-refractivity contribution in [1.82, 2.24) is 0 Å². The molecule has 0 aromatic heterocycles. The van der Waals surface area contributed by atoms with Gasteiger partial charge in [0.1, 0.15) is 0 Å². The molecule has 0 saturated heterocycles. The zero-order valence-electron chi connectivity index (χ0n) is 8.35. The molecule has 0 heterocycles. The Hall–Kier alpha value is -0.0400. The average Bonchev–Trinajstić information content (AvgIpc) is 2.57. The van der Waals surface area contributed by atoms with Crippen LogP contribution in [0.25, 0.3) is 0 Å². The van der Waals surface area contributed by atoms with E-state index in [4.69, 9.17) is 4.74 Å². The highest BCUT2D eigenvalue weighted by Crippen LogP contribution is 2.28. The van der Waals surface area contributed by atoms with Gasteiger partial charge in [0, 0.05) is 13.2 Å². The molecule has 72 valence electrons. The maximum Gasteiger partial charge on any atom is 0.0465 e. The summed E-state index contributed by atoms with van der Waals surface area (Å²) in [5.41, 5.74) is 0. The van der Waals surface area contributed by atoms with E-state index in [2.05, 4.69) is 6.92 Å².